The smallest absolute Gasteiger partial charge is 0.382 e. The molecule has 70 valence electrons. The van der Waals surface area contributed by atoms with Crippen LogP contribution in [0.5, 0.6) is 0 Å². The maximum absolute atomic E-state index is 10.3. The molecule has 0 spiro atoms. The van der Waals surface area contributed by atoms with Gasteiger partial charge >= 0.3 is 11.4 Å². The van der Waals surface area contributed by atoms with Gasteiger partial charge in [0, 0.05) is 12.5 Å². The van der Waals surface area contributed by atoms with Crippen LogP contribution in [-0.2, 0) is 0 Å². The van der Waals surface area contributed by atoms with Gasteiger partial charge in [0.15, 0.2) is 5.76 Å². The van der Waals surface area contributed by atoms with Crippen molar-refractivity contribution in [2.75, 3.05) is 0 Å². The fourth-order valence-corrected chi connectivity index (χ4v) is 1.07. The van der Waals surface area contributed by atoms with Crippen LogP contribution in [0.25, 0.3) is 0 Å². The van der Waals surface area contributed by atoms with Crippen LogP contribution < -0.4 is 0 Å². The fourth-order valence-electron chi connectivity index (χ4n) is 1.07. The molecule has 0 aliphatic heterocycles. The maximum atomic E-state index is 10.3. The first-order valence-corrected chi connectivity index (χ1v) is 3.45. The molecule has 0 saturated heterocycles. The van der Waals surface area contributed by atoms with Gasteiger partial charge in [0.2, 0.25) is 0 Å². The Bertz CT molecular complexity index is 330. The summed E-state index contributed by atoms with van der Waals surface area (Å²) in [6.45, 7) is 0. The standard InChI is InChI=1S/C6H6N2O5/c9-5-3-1-2-4(7(10)11)6(5)8(12)13/h2,9H,1,3H2. The van der Waals surface area contributed by atoms with Crippen LogP contribution in [0, 0.1) is 20.2 Å². The Morgan fingerprint density at radius 2 is 1.92 bits per heavy atom. The molecule has 13 heavy (non-hydrogen) atoms. The Kier molecular flexibility index (Phi) is 2.27. The normalized spacial score (nSPS) is 16.8. The van der Waals surface area contributed by atoms with E-state index >= 15 is 0 Å². The SMILES string of the molecule is O=[N+]([O-])C1=CCCC(O)=C1[N+](=O)[O-]. The Hall–Kier alpha value is -1.92. The van der Waals surface area contributed by atoms with Crippen molar-refractivity contribution in [2.45, 2.75) is 12.8 Å². The lowest BCUT2D eigenvalue weighted by atomic mass is 10.1. The molecule has 0 aromatic carbocycles. The molecule has 1 aliphatic rings. The molecule has 0 fully saturated rings. The van der Waals surface area contributed by atoms with Crippen LogP contribution in [0.2, 0.25) is 0 Å². The van der Waals surface area contributed by atoms with Crippen molar-refractivity contribution < 1.29 is 15.0 Å². The number of aliphatic hydroxyl groups is 1. The van der Waals surface area contributed by atoms with E-state index in [-0.39, 0.29) is 12.8 Å². The summed E-state index contributed by atoms with van der Waals surface area (Å²) in [4.78, 5) is 18.8. The lowest BCUT2D eigenvalue weighted by Crippen LogP contribution is -2.15. The maximum Gasteiger partial charge on any atom is 0.382 e. The van der Waals surface area contributed by atoms with Gasteiger partial charge in [0.25, 0.3) is 0 Å². The van der Waals surface area contributed by atoms with Gasteiger partial charge in [-0.05, 0) is 6.42 Å². The third-order valence-electron chi connectivity index (χ3n) is 1.61. The highest BCUT2D eigenvalue weighted by Crippen LogP contribution is 2.23. The van der Waals surface area contributed by atoms with E-state index in [1.807, 2.05) is 0 Å². The Morgan fingerprint density at radius 3 is 2.31 bits per heavy atom. The van der Waals surface area contributed by atoms with Gasteiger partial charge in [-0.2, -0.15) is 0 Å². The number of allylic oxidation sites excluding steroid dienone is 2. The minimum atomic E-state index is -0.941. The second kappa shape index (κ2) is 3.21. The van der Waals surface area contributed by atoms with E-state index in [2.05, 4.69) is 0 Å². The second-order valence-corrected chi connectivity index (χ2v) is 2.44. The van der Waals surface area contributed by atoms with E-state index < -0.39 is 27.0 Å². The van der Waals surface area contributed by atoms with Gasteiger partial charge in [0.05, 0.1) is 9.85 Å². The number of aliphatic hydroxyl groups excluding tert-OH is 1. The molecule has 1 rings (SSSR count). The van der Waals surface area contributed by atoms with Gasteiger partial charge in [0.1, 0.15) is 0 Å². The summed E-state index contributed by atoms with van der Waals surface area (Å²) in [6.07, 6.45) is 1.46. The first-order chi connectivity index (χ1) is 6.04. The Morgan fingerprint density at radius 1 is 1.31 bits per heavy atom. The molecular weight excluding hydrogens is 180 g/mol. The van der Waals surface area contributed by atoms with E-state index in [1.54, 1.807) is 0 Å². The van der Waals surface area contributed by atoms with Crippen molar-refractivity contribution in [3.63, 3.8) is 0 Å². The zero-order chi connectivity index (χ0) is 10.0. The molecule has 0 heterocycles. The van der Waals surface area contributed by atoms with E-state index in [9.17, 15) is 20.2 Å². The molecule has 0 aromatic heterocycles. The van der Waals surface area contributed by atoms with Gasteiger partial charge in [-0.15, -0.1) is 0 Å². The molecule has 7 nitrogen and oxygen atoms in total. The summed E-state index contributed by atoms with van der Waals surface area (Å²) < 4.78 is 0. The molecule has 0 radical (unpaired) electrons. The number of rotatable bonds is 2. The first kappa shape index (κ1) is 9.17. The van der Waals surface area contributed by atoms with Crippen molar-refractivity contribution in [3.8, 4) is 0 Å². The summed E-state index contributed by atoms with van der Waals surface area (Å²) in [5, 5.41) is 29.7. The van der Waals surface area contributed by atoms with E-state index in [4.69, 9.17) is 5.11 Å². The third-order valence-corrected chi connectivity index (χ3v) is 1.61. The highest BCUT2D eigenvalue weighted by Gasteiger charge is 2.35. The van der Waals surface area contributed by atoms with Crippen molar-refractivity contribution in [1.29, 1.82) is 0 Å². The molecule has 0 saturated carbocycles. The number of hydrogen-bond acceptors (Lipinski definition) is 5. The monoisotopic (exact) mass is 186 g/mol. The first-order valence-electron chi connectivity index (χ1n) is 3.45. The highest BCUT2D eigenvalue weighted by atomic mass is 16.6. The van der Waals surface area contributed by atoms with Gasteiger partial charge in [-0.3, -0.25) is 20.2 Å². The number of nitro groups is 2. The fraction of sp³-hybridized carbons (Fsp3) is 0.333. The van der Waals surface area contributed by atoms with Crippen molar-refractivity contribution in [1.82, 2.24) is 0 Å². The topological polar surface area (TPSA) is 107 Å². The summed E-state index contributed by atoms with van der Waals surface area (Å²) >= 11 is 0. The van der Waals surface area contributed by atoms with E-state index in [1.165, 1.54) is 0 Å². The lowest BCUT2D eigenvalue weighted by Gasteiger charge is -2.04. The predicted molar refractivity (Wildman–Crippen MR) is 41.0 cm³/mol. The van der Waals surface area contributed by atoms with E-state index in [0.717, 1.165) is 6.08 Å². The molecule has 0 amide bonds. The summed E-state index contributed by atoms with van der Waals surface area (Å²) in [5.41, 5.74) is -1.43. The molecule has 0 aromatic rings. The second-order valence-electron chi connectivity index (χ2n) is 2.44. The van der Waals surface area contributed by atoms with Crippen LogP contribution >= 0.6 is 0 Å². The van der Waals surface area contributed by atoms with Gasteiger partial charge in [-0.25, -0.2) is 0 Å². The van der Waals surface area contributed by atoms with Crippen molar-refractivity contribution >= 4 is 0 Å². The van der Waals surface area contributed by atoms with Crippen LogP contribution in [0.15, 0.2) is 23.2 Å². The summed E-state index contributed by atoms with van der Waals surface area (Å²) in [6, 6.07) is 0. The van der Waals surface area contributed by atoms with Crippen LogP contribution in [0.3, 0.4) is 0 Å². The summed E-state index contributed by atoms with van der Waals surface area (Å²) in [7, 11) is 0. The lowest BCUT2D eigenvalue weighted by molar-refractivity contribution is -0.482. The summed E-state index contributed by atoms with van der Waals surface area (Å²) in [5.74, 6) is -0.529. The quantitative estimate of drug-likeness (QED) is 0.511. The highest BCUT2D eigenvalue weighted by molar-refractivity contribution is 5.24. The largest absolute Gasteiger partial charge is 0.506 e. The predicted octanol–water partition coefficient (Wildman–Crippen LogP) is 0.987. The molecular formula is C6H6N2O5. The molecule has 0 bridgehead atoms. The Labute approximate surface area is 72.3 Å². The average molecular weight is 186 g/mol. The molecule has 0 unspecified atom stereocenters. The minimum absolute atomic E-state index is 0.0770. The number of hydrogen-bond donors (Lipinski definition) is 1. The van der Waals surface area contributed by atoms with Crippen LogP contribution in [0.4, 0.5) is 0 Å². The van der Waals surface area contributed by atoms with Gasteiger partial charge in [-0.1, -0.05) is 0 Å². The average Bonchev–Trinajstić information content (AvgIpc) is 2.02. The molecule has 7 heteroatoms. The molecule has 1 aliphatic carbocycles. The van der Waals surface area contributed by atoms with Gasteiger partial charge < -0.3 is 5.11 Å². The van der Waals surface area contributed by atoms with Crippen molar-refractivity contribution in [3.05, 3.63) is 43.5 Å². The van der Waals surface area contributed by atoms with Crippen LogP contribution in [-0.4, -0.2) is 15.0 Å². The molecule has 1 N–H and O–H groups in total. The zero-order valence-electron chi connectivity index (χ0n) is 6.47. The van der Waals surface area contributed by atoms with Crippen LogP contribution in [0.1, 0.15) is 12.8 Å². The Balaban J connectivity index is 3.16. The number of nitrogens with zero attached hydrogens (tertiary/aromatic N) is 2. The van der Waals surface area contributed by atoms with E-state index in [0.29, 0.717) is 0 Å². The zero-order valence-corrected chi connectivity index (χ0v) is 6.47. The van der Waals surface area contributed by atoms with Crippen molar-refractivity contribution in [2.24, 2.45) is 0 Å². The third kappa shape index (κ3) is 1.63. The molecule has 0 atom stereocenters. The minimum Gasteiger partial charge on any atom is -0.506 e.